The third kappa shape index (κ3) is 1.29. The predicted octanol–water partition coefficient (Wildman–Crippen LogP) is 2.01. The van der Waals surface area contributed by atoms with Crippen LogP contribution < -0.4 is 0 Å². The molecular formula is C12H13NOS. The normalized spacial score (nSPS) is 33.0. The van der Waals surface area contributed by atoms with E-state index >= 15 is 0 Å². The van der Waals surface area contributed by atoms with Gasteiger partial charge in [-0.25, -0.2) is 0 Å². The fourth-order valence-electron chi connectivity index (χ4n) is 2.39. The van der Waals surface area contributed by atoms with E-state index in [2.05, 4.69) is 12.1 Å². The molecule has 2 nitrogen and oxygen atoms in total. The molecule has 2 aliphatic rings. The van der Waals surface area contributed by atoms with Crippen LogP contribution in [-0.2, 0) is 4.79 Å². The van der Waals surface area contributed by atoms with Gasteiger partial charge in [-0.15, -0.1) is 11.8 Å². The van der Waals surface area contributed by atoms with Crippen molar-refractivity contribution in [2.45, 2.75) is 16.1 Å². The monoisotopic (exact) mass is 219 g/mol. The zero-order valence-electron chi connectivity index (χ0n) is 8.64. The van der Waals surface area contributed by atoms with Gasteiger partial charge in [-0.1, -0.05) is 18.2 Å². The lowest BCUT2D eigenvalue weighted by molar-refractivity contribution is -0.127. The summed E-state index contributed by atoms with van der Waals surface area (Å²) < 4.78 is -0.101. The second-order valence-electron chi connectivity index (χ2n) is 4.39. The highest BCUT2D eigenvalue weighted by Gasteiger charge is 2.66. The highest BCUT2D eigenvalue weighted by Crippen LogP contribution is 2.61. The molecule has 0 spiro atoms. The van der Waals surface area contributed by atoms with Crippen molar-refractivity contribution in [1.82, 2.24) is 4.90 Å². The van der Waals surface area contributed by atoms with Gasteiger partial charge < -0.3 is 4.90 Å². The zero-order valence-corrected chi connectivity index (χ0v) is 9.46. The van der Waals surface area contributed by atoms with Crippen molar-refractivity contribution in [3.05, 3.63) is 30.3 Å². The van der Waals surface area contributed by atoms with E-state index in [1.54, 1.807) is 11.8 Å². The van der Waals surface area contributed by atoms with Gasteiger partial charge in [-0.2, -0.15) is 0 Å². The Balaban J connectivity index is 1.83. The van der Waals surface area contributed by atoms with Crippen molar-refractivity contribution in [2.24, 2.45) is 5.92 Å². The number of hydrogen-bond donors (Lipinski definition) is 0. The average Bonchev–Trinajstić information content (AvgIpc) is 2.86. The largest absolute Gasteiger partial charge is 0.344 e. The van der Waals surface area contributed by atoms with Gasteiger partial charge in [0, 0.05) is 24.4 Å². The minimum atomic E-state index is -0.101. The van der Waals surface area contributed by atoms with Crippen molar-refractivity contribution in [2.75, 3.05) is 13.6 Å². The quantitative estimate of drug-likeness (QED) is 0.758. The lowest BCUT2D eigenvalue weighted by Gasteiger charge is -2.15. The first-order valence-corrected chi connectivity index (χ1v) is 6.04. The van der Waals surface area contributed by atoms with Crippen molar-refractivity contribution in [3.8, 4) is 0 Å². The smallest absolute Gasteiger partial charge is 0.239 e. The van der Waals surface area contributed by atoms with E-state index in [1.807, 2.05) is 30.1 Å². The third-order valence-corrected chi connectivity index (χ3v) is 4.84. The zero-order chi connectivity index (χ0) is 10.5. The molecule has 1 aliphatic heterocycles. The molecular weight excluding hydrogens is 206 g/mol. The van der Waals surface area contributed by atoms with Crippen LogP contribution in [0.4, 0.5) is 0 Å². The standard InChI is InChI=1S/C12H13NOS/c1-13-8-9-7-12(9,11(13)14)15-10-5-3-2-4-6-10/h2-6,9H,7-8H2,1H3/t9-,12+/m0/s1. The summed E-state index contributed by atoms with van der Waals surface area (Å²) in [6, 6.07) is 10.2. The van der Waals surface area contributed by atoms with Gasteiger partial charge in [0.25, 0.3) is 0 Å². The minimum absolute atomic E-state index is 0.101. The van der Waals surface area contributed by atoms with E-state index in [0.717, 1.165) is 13.0 Å². The van der Waals surface area contributed by atoms with Gasteiger partial charge in [0.15, 0.2) is 0 Å². The van der Waals surface area contributed by atoms with Gasteiger partial charge >= 0.3 is 0 Å². The minimum Gasteiger partial charge on any atom is -0.344 e. The Morgan fingerprint density at radius 2 is 2.13 bits per heavy atom. The van der Waals surface area contributed by atoms with Gasteiger partial charge in [0.1, 0.15) is 4.75 Å². The number of piperidine rings is 1. The van der Waals surface area contributed by atoms with Crippen molar-refractivity contribution in [1.29, 1.82) is 0 Å². The van der Waals surface area contributed by atoms with E-state index < -0.39 is 0 Å². The van der Waals surface area contributed by atoms with E-state index in [9.17, 15) is 4.79 Å². The first-order valence-electron chi connectivity index (χ1n) is 5.22. The molecule has 2 atom stereocenters. The summed E-state index contributed by atoms with van der Waals surface area (Å²) in [7, 11) is 1.90. The first kappa shape index (κ1) is 9.28. The molecule has 0 unspecified atom stereocenters. The van der Waals surface area contributed by atoms with Gasteiger partial charge in [0.2, 0.25) is 5.91 Å². The number of carbonyl (C=O) groups is 1. The van der Waals surface area contributed by atoms with E-state index in [0.29, 0.717) is 11.8 Å². The maximum atomic E-state index is 12.0. The Bertz CT molecular complexity index is 405. The molecule has 1 aliphatic carbocycles. The van der Waals surface area contributed by atoms with Crippen LogP contribution in [0.15, 0.2) is 35.2 Å². The molecule has 0 bridgehead atoms. The molecule has 0 aromatic heterocycles. The summed E-state index contributed by atoms with van der Waals surface area (Å²) in [5.41, 5.74) is 0. The van der Waals surface area contributed by atoms with Crippen molar-refractivity contribution in [3.63, 3.8) is 0 Å². The number of nitrogens with zero attached hydrogens (tertiary/aromatic N) is 1. The maximum Gasteiger partial charge on any atom is 0.239 e. The SMILES string of the molecule is CN1C[C@@H]2C[C@]2(Sc2ccccc2)C1=O. The van der Waals surface area contributed by atoms with Crippen molar-refractivity contribution >= 4 is 17.7 Å². The van der Waals surface area contributed by atoms with E-state index in [1.165, 1.54) is 4.90 Å². The van der Waals surface area contributed by atoms with Crippen molar-refractivity contribution < 1.29 is 4.79 Å². The Hall–Kier alpha value is -0.960. The Kier molecular flexibility index (Phi) is 1.87. The molecule has 1 saturated carbocycles. The topological polar surface area (TPSA) is 20.3 Å². The number of likely N-dealkylation sites (tertiary alicyclic amines) is 1. The number of carbonyl (C=O) groups excluding carboxylic acids is 1. The average molecular weight is 219 g/mol. The molecule has 2 fully saturated rings. The molecule has 0 radical (unpaired) electrons. The molecule has 1 aromatic carbocycles. The summed E-state index contributed by atoms with van der Waals surface area (Å²) >= 11 is 1.75. The molecule has 1 amide bonds. The number of fused-ring (bicyclic) bond motifs is 1. The molecule has 1 aromatic rings. The Morgan fingerprint density at radius 1 is 1.40 bits per heavy atom. The second-order valence-corrected chi connectivity index (χ2v) is 5.80. The van der Waals surface area contributed by atoms with Crippen LogP contribution in [0.1, 0.15) is 6.42 Å². The lowest BCUT2D eigenvalue weighted by Crippen LogP contribution is -2.29. The summed E-state index contributed by atoms with van der Waals surface area (Å²) in [5, 5.41) is 0. The molecule has 1 heterocycles. The Morgan fingerprint density at radius 3 is 2.73 bits per heavy atom. The number of benzene rings is 1. The van der Waals surface area contributed by atoms with Crippen LogP contribution in [-0.4, -0.2) is 29.1 Å². The highest BCUT2D eigenvalue weighted by molar-refractivity contribution is 8.01. The van der Waals surface area contributed by atoms with E-state index in [4.69, 9.17) is 0 Å². The molecule has 0 N–H and O–H groups in total. The van der Waals surface area contributed by atoms with Crippen LogP contribution in [0.5, 0.6) is 0 Å². The van der Waals surface area contributed by atoms with Crippen LogP contribution >= 0.6 is 11.8 Å². The third-order valence-electron chi connectivity index (χ3n) is 3.30. The maximum absolute atomic E-state index is 12.0. The number of hydrogen-bond acceptors (Lipinski definition) is 2. The summed E-state index contributed by atoms with van der Waals surface area (Å²) in [6.07, 6.45) is 1.07. The van der Waals surface area contributed by atoms with Crippen LogP contribution in [0, 0.1) is 5.92 Å². The van der Waals surface area contributed by atoms with Gasteiger partial charge in [0.05, 0.1) is 0 Å². The highest BCUT2D eigenvalue weighted by atomic mass is 32.2. The Labute approximate surface area is 93.7 Å². The molecule has 1 saturated heterocycles. The fourth-order valence-corrected chi connectivity index (χ4v) is 3.87. The number of thioether (sulfide) groups is 1. The molecule has 78 valence electrons. The summed E-state index contributed by atoms with van der Waals surface area (Å²) in [4.78, 5) is 15.1. The summed E-state index contributed by atoms with van der Waals surface area (Å²) in [6.45, 7) is 0.943. The van der Waals surface area contributed by atoms with Crippen LogP contribution in [0.25, 0.3) is 0 Å². The van der Waals surface area contributed by atoms with Crippen LogP contribution in [0.2, 0.25) is 0 Å². The molecule has 3 rings (SSSR count). The number of amides is 1. The summed E-state index contributed by atoms with van der Waals surface area (Å²) in [5.74, 6) is 0.904. The molecule has 15 heavy (non-hydrogen) atoms. The molecule has 3 heteroatoms. The fraction of sp³-hybridized carbons (Fsp3) is 0.417. The van der Waals surface area contributed by atoms with Crippen LogP contribution in [0.3, 0.4) is 0 Å². The van der Waals surface area contributed by atoms with Gasteiger partial charge in [-0.3, -0.25) is 4.79 Å². The number of rotatable bonds is 2. The van der Waals surface area contributed by atoms with E-state index in [-0.39, 0.29) is 4.75 Å². The first-order chi connectivity index (χ1) is 7.22. The second kappa shape index (κ2) is 3.01. The van der Waals surface area contributed by atoms with Gasteiger partial charge in [-0.05, 0) is 18.6 Å². The predicted molar refractivity (Wildman–Crippen MR) is 60.8 cm³/mol. The lowest BCUT2D eigenvalue weighted by atomic mass is 10.4.